The molecule has 0 rings (SSSR count). The summed E-state index contributed by atoms with van der Waals surface area (Å²) in [6.07, 6.45) is -3.49. The topological polar surface area (TPSA) is 64.9 Å². The van der Waals surface area contributed by atoms with Gasteiger partial charge >= 0.3 is 6.18 Å². The molecule has 7 heteroatoms. The van der Waals surface area contributed by atoms with E-state index < -0.39 is 18.6 Å². The maximum atomic E-state index is 11.6. The predicted octanol–water partition coefficient (Wildman–Crippen LogP) is 0.558. The zero-order chi connectivity index (χ0) is 11.7. The average molecular weight is 223 g/mol. The summed E-state index contributed by atoms with van der Waals surface area (Å²) in [5.41, 5.74) is 0. The first-order valence-corrected chi connectivity index (χ1v) is 4.37. The Labute approximate surface area is 85.4 Å². The molecule has 0 bridgehead atoms. The molecule has 0 radical (unpaired) electrons. The monoisotopic (exact) mass is 223 g/mol. The van der Waals surface area contributed by atoms with E-state index in [0.29, 0.717) is 19.4 Å². The lowest BCUT2D eigenvalue weighted by atomic mass is 10.3. The summed E-state index contributed by atoms with van der Waals surface area (Å²) < 4.78 is 34.9. The van der Waals surface area contributed by atoms with Crippen LogP contribution in [0.1, 0.15) is 12.8 Å². The van der Waals surface area contributed by atoms with Crippen LogP contribution < -0.4 is 10.6 Å². The Kier molecular flexibility index (Phi) is 6.45. The molecule has 0 saturated heterocycles. The van der Waals surface area contributed by atoms with Gasteiger partial charge in [-0.2, -0.15) is 18.4 Å². The zero-order valence-electron chi connectivity index (χ0n) is 8.02. The summed E-state index contributed by atoms with van der Waals surface area (Å²) in [4.78, 5) is 10.9. The largest absolute Gasteiger partial charge is 0.401 e. The Balaban J connectivity index is 3.39. The van der Waals surface area contributed by atoms with Crippen molar-refractivity contribution in [2.45, 2.75) is 19.0 Å². The lowest BCUT2D eigenvalue weighted by Gasteiger charge is -2.08. The fraction of sp³-hybridized carbons (Fsp3) is 0.750. The van der Waals surface area contributed by atoms with Crippen molar-refractivity contribution >= 4 is 5.91 Å². The van der Waals surface area contributed by atoms with Gasteiger partial charge in [-0.15, -0.1) is 0 Å². The standard InChI is InChI=1S/C8H12F3N3O/c9-8(10,11)6-13-5-7(15)14-4-2-1-3-12/h13H,1-2,4-6H2,(H,14,15). The normalized spacial score (nSPS) is 10.8. The van der Waals surface area contributed by atoms with E-state index >= 15 is 0 Å². The number of nitrogens with zero attached hydrogens (tertiary/aromatic N) is 1. The van der Waals surface area contributed by atoms with Crippen LogP contribution in [0.15, 0.2) is 0 Å². The highest BCUT2D eigenvalue weighted by Crippen LogP contribution is 2.11. The highest BCUT2D eigenvalue weighted by Gasteiger charge is 2.26. The van der Waals surface area contributed by atoms with E-state index in [-0.39, 0.29) is 6.54 Å². The van der Waals surface area contributed by atoms with Gasteiger partial charge in [-0.25, -0.2) is 0 Å². The number of hydrogen-bond acceptors (Lipinski definition) is 3. The van der Waals surface area contributed by atoms with Gasteiger partial charge in [-0.05, 0) is 6.42 Å². The van der Waals surface area contributed by atoms with Gasteiger partial charge in [-0.3, -0.25) is 4.79 Å². The second-order valence-corrected chi connectivity index (χ2v) is 2.83. The van der Waals surface area contributed by atoms with Crippen molar-refractivity contribution in [3.05, 3.63) is 0 Å². The smallest absolute Gasteiger partial charge is 0.355 e. The third-order valence-corrected chi connectivity index (χ3v) is 1.40. The number of alkyl halides is 3. The van der Waals surface area contributed by atoms with Crippen LogP contribution in [0.3, 0.4) is 0 Å². The molecule has 0 aromatic carbocycles. The van der Waals surface area contributed by atoms with E-state index in [0.717, 1.165) is 0 Å². The van der Waals surface area contributed by atoms with Crippen molar-refractivity contribution in [2.24, 2.45) is 0 Å². The number of nitrogens with one attached hydrogen (secondary N) is 2. The first-order chi connectivity index (χ1) is 6.95. The van der Waals surface area contributed by atoms with Crippen LogP contribution in [0.4, 0.5) is 13.2 Å². The molecule has 0 saturated carbocycles. The summed E-state index contributed by atoms with van der Waals surface area (Å²) in [6.45, 7) is -1.25. The molecule has 0 aliphatic carbocycles. The van der Waals surface area contributed by atoms with Gasteiger partial charge < -0.3 is 10.6 Å². The number of carbonyl (C=O) groups excluding carboxylic acids is 1. The lowest BCUT2D eigenvalue weighted by molar-refractivity contribution is -0.128. The van der Waals surface area contributed by atoms with E-state index in [1.807, 2.05) is 11.4 Å². The SMILES string of the molecule is N#CCCCNC(=O)CNCC(F)(F)F. The maximum absolute atomic E-state index is 11.6. The zero-order valence-corrected chi connectivity index (χ0v) is 8.02. The Morgan fingerprint density at radius 3 is 2.60 bits per heavy atom. The molecule has 0 aromatic rings. The Morgan fingerprint density at radius 1 is 1.40 bits per heavy atom. The van der Waals surface area contributed by atoms with Gasteiger partial charge in [0.15, 0.2) is 0 Å². The average Bonchev–Trinajstić information content (AvgIpc) is 2.10. The number of rotatable bonds is 6. The quantitative estimate of drug-likeness (QED) is 0.646. The summed E-state index contributed by atoms with van der Waals surface area (Å²) in [7, 11) is 0. The van der Waals surface area contributed by atoms with Crippen molar-refractivity contribution in [3.8, 4) is 6.07 Å². The van der Waals surface area contributed by atoms with Gasteiger partial charge in [0, 0.05) is 13.0 Å². The second-order valence-electron chi connectivity index (χ2n) is 2.83. The van der Waals surface area contributed by atoms with E-state index in [4.69, 9.17) is 5.26 Å². The number of carbonyl (C=O) groups is 1. The van der Waals surface area contributed by atoms with Crippen molar-refractivity contribution in [3.63, 3.8) is 0 Å². The molecule has 2 N–H and O–H groups in total. The summed E-state index contributed by atoms with van der Waals surface area (Å²) in [5.74, 6) is -0.503. The fourth-order valence-electron chi connectivity index (χ4n) is 0.776. The van der Waals surface area contributed by atoms with Crippen LogP contribution in [0.25, 0.3) is 0 Å². The fourth-order valence-corrected chi connectivity index (χ4v) is 0.776. The van der Waals surface area contributed by atoms with Crippen molar-refractivity contribution in [2.75, 3.05) is 19.6 Å². The van der Waals surface area contributed by atoms with Crippen LogP contribution in [0.2, 0.25) is 0 Å². The molecule has 0 atom stereocenters. The van der Waals surface area contributed by atoms with Crippen molar-refractivity contribution in [1.29, 1.82) is 5.26 Å². The first kappa shape index (κ1) is 13.7. The minimum absolute atomic E-state index is 0.306. The van der Waals surface area contributed by atoms with Crippen molar-refractivity contribution < 1.29 is 18.0 Å². The van der Waals surface area contributed by atoms with Crippen LogP contribution in [-0.4, -0.2) is 31.7 Å². The molecule has 0 aliphatic heterocycles. The molecule has 86 valence electrons. The summed E-state index contributed by atoms with van der Waals surface area (Å²) >= 11 is 0. The highest BCUT2D eigenvalue weighted by atomic mass is 19.4. The molecular weight excluding hydrogens is 211 g/mol. The third-order valence-electron chi connectivity index (χ3n) is 1.40. The number of halogens is 3. The molecule has 15 heavy (non-hydrogen) atoms. The Hall–Kier alpha value is -1.29. The number of nitriles is 1. The number of amides is 1. The molecule has 0 fully saturated rings. The Bertz CT molecular complexity index is 234. The van der Waals surface area contributed by atoms with Crippen LogP contribution in [-0.2, 0) is 4.79 Å². The number of hydrogen-bond donors (Lipinski definition) is 2. The molecule has 0 aliphatic rings. The summed E-state index contributed by atoms with van der Waals surface area (Å²) in [6, 6.07) is 1.89. The molecule has 1 amide bonds. The minimum atomic E-state index is -4.30. The van der Waals surface area contributed by atoms with Crippen LogP contribution >= 0.6 is 0 Å². The molecule has 0 aromatic heterocycles. The third kappa shape index (κ3) is 10.6. The van der Waals surface area contributed by atoms with Gasteiger partial charge in [0.1, 0.15) is 0 Å². The lowest BCUT2D eigenvalue weighted by Crippen LogP contribution is -2.38. The van der Waals surface area contributed by atoms with Crippen molar-refractivity contribution in [1.82, 2.24) is 10.6 Å². The summed E-state index contributed by atoms with van der Waals surface area (Å²) in [5, 5.41) is 12.5. The first-order valence-electron chi connectivity index (χ1n) is 4.37. The van der Waals surface area contributed by atoms with Gasteiger partial charge in [0.25, 0.3) is 0 Å². The molecule has 4 nitrogen and oxygen atoms in total. The maximum Gasteiger partial charge on any atom is 0.401 e. The van der Waals surface area contributed by atoms with Gasteiger partial charge in [0.05, 0.1) is 19.2 Å². The van der Waals surface area contributed by atoms with Gasteiger partial charge in [-0.1, -0.05) is 0 Å². The minimum Gasteiger partial charge on any atom is -0.355 e. The van der Waals surface area contributed by atoms with Gasteiger partial charge in [0.2, 0.25) is 5.91 Å². The van der Waals surface area contributed by atoms with E-state index in [9.17, 15) is 18.0 Å². The molecule has 0 unspecified atom stereocenters. The molecular formula is C8H12F3N3O. The molecule has 0 heterocycles. The van der Waals surface area contributed by atoms with E-state index in [1.54, 1.807) is 0 Å². The highest BCUT2D eigenvalue weighted by molar-refractivity contribution is 5.77. The van der Waals surface area contributed by atoms with E-state index in [2.05, 4.69) is 5.32 Å². The Morgan fingerprint density at radius 2 is 2.07 bits per heavy atom. The van der Waals surface area contributed by atoms with Crippen LogP contribution in [0, 0.1) is 11.3 Å². The number of unbranched alkanes of at least 4 members (excludes halogenated alkanes) is 1. The molecule has 0 spiro atoms. The van der Waals surface area contributed by atoms with E-state index in [1.165, 1.54) is 0 Å². The van der Waals surface area contributed by atoms with Crippen LogP contribution in [0.5, 0.6) is 0 Å². The second kappa shape index (κ2) is 7.06. The predicted molar refractivity (Wildman–Crippen MR) is 46.8 cm³/mol.